The molecular weight excluding hydrogens is 280 g/mol. The van der Waals surface area contributed by atoms with Crippen molar-refractivity contribution in [3.8, 4) is 11.5 Å². The molecule has 0 saturated carbocycles. The van der Waals surface area contributed by atoms with Crippen molar-refractivity contribution in [2.75, 3.05) is 6.61 Å². The van der Waals surface area contributed by atoms with Gasteiger partial charge in [-0.15, -0.1) is 0 Å². The minimum absolute atomic E-state index is 0.156. The molecule has 2 rings (SSSR count). The highest BCUT2D eigenvalue weighted by atomic mass is 16.6. The molecule has 0 aliphatic carbocycles. The van der Waals surface area contributed by atoms with E-state index in [0.717, 1.165) is 12.8 Å². The van der Waals surface area contributed by atoms with E-state index in [-0.39, 0.29) is 11.7 Å². The lowest BCUT2D eigenvalue weighted by atomic mass is 10.1. The molecule has 0 aliphatic heterocycles. The largest absolute Gasteiger partial charge is 0.508 e. The van der Waals surface area contributed by atoms with E-state index >= 15 is 0 Å². The number of benzene rings is 2. The molecule has 1 atom stereocenters. The van der Waals surface area contributed by atoms with Crippen molar-refractivity contribution in [3.05, 3.63) is 60.2 Å². The van der Waals surface area contributed by atoms with Crippen molar-refractivity contribution in [3.63, 3.8) is 0 Å². The van der Waals surface area contributed by atoms with E-state index in [1.807, 2.05) is 18.2 Å². The van der Waals surface area contributed by atoms with Gasteiger partial charge in [-0.25, -0.2) is 4.79 Å². The van der Waals surface area contributed by atoms with Gasteiger partial charge in [-0.05, 0) is 49.6 Å². The predicted molar refractivity (Wildman–Crippen MR) is 83.9 cm³/mol. The summed E-state index contributed by atoms with van der Waals surface area (Å²) < 4.78 is 10.7. The van der Waals surface area contributed by atoms with Crippen molar-refractivity contribution >= 4 is 5.97 Å². The summed E-state index contributed by atoms with van der Waals surface area (Å²) >= 11 is 0. The summed E-state index contributed by atoms with van der Waals surface area (Å²) in [5, 5.41) is 9.19. The summed E-state index contributed by atoms with van der Waals surface area (Å²) in [6.45, 7) is 2.02. The Labute approximate surface area is 130 Å². The molecule has 0 aromatic heterocycles. The summed E-state index contributed by atoms with van der Waals surface area (Å²) in [6.07, 6.45) is 0.976. The summed E-state index contributed by atoms with van der Waals surface area (Å²) in [5.74, 6) is 0.288. The zero-order valence-electron chi connectivity index (χ0n) is 12.6. The zero-order chi connectivity index (χ0) is 15.8. The van der Waals surface area contributed by atoms with Crippen LogP contribution in [-0.4, -0.2) is 23.8 Å². The van der Waals surface area contributed by atoms with Crippen LogP contribution in [0.1, 0.15) is 18.9 Å². The monoisotopic (exact) mass is 300 g/mol. The number of rotatable bonds is 7. The van der Waals surface area contributed by atoms with Crippen LogP contribution in [0.3, 0.4) is 0 Å². The Morgan fingerprint density at radius 2 is 1.77 bits per heavy atom. The summed E-state index contributed by atoms with van der Waals surface area (Å²) in [7, 11) is 0. The lowest BCUT2D eigenvalue weighted by Gasteiger charge is -2.14. The van der Waals surface area contributed by atoms with Crippen molar-refractivity contribution < 1.29 is 19.4 Å². The van der Waals surface area contributed by atoms with Crippen LogP contribution in [0.4, 0.5) is 0 Å². The number of carbonyl (C=O) groups is 1. The Morgan fingerprint density at radius 3 is 2.45 bits per heavy atom. The van der Waals surface area contributed by atoms with E-state index < -0.39 is 6.10 Å². The Morgan fingerprint density at radius 1 is 1.09 bits per heavy atom. The van der Waals surface area contributed by atoms with Gasteiger partial charge in [0.1, 0.15) is 11.5 Å². The maximum atomic E-state index is 11.8. The van der Waals surface area contributed by atoms with Crippen LogP contribution in [0.5, 0.6) is 11.5 Å². The standard InChI is InChI=1S/C18H20O4/c1-14(22-17-11-9-16(19)10-12-17)18(20)21-13-5-8-15-6-3-2-4-7-15/h2-4,6-7,9-12,14,19H,5,8,13H2,1H3. The summed E-state index contributed by atoms with van der Waals surface area (Å²) in [5.41, 5.74) is 1.23. The van der Waals surface area contributed by atoms with E-state index in [1.54, 1.807) is 19.1 Å². The van der Waals surface area contributed by atoms with E-state index in [9.17, 15) is 9.90 Å². The summed E-state index contributed by atoms with van der Waals surface area (Å²) in [6, 6.07) is 16.3. The highest BCUT2D eigenvalue weighted by Crippen LogP contribution is 2.17. The molecule has 22 heavy (non-hydrogen) atoms. The Hall–Kier alpha value is -2.49. The molecular formula is C18H20O4. The van der Waals surface area contributed by atoms with Crippen LogP contribution in [0, 0.1) is 0 Å². The molecule has 0 bridgehead atoms. The normalized spacial score (nSPS) is 11.7. The van der Waals surface area contributed by atoms with Crippen LogP contribution in [0.2, 0.25) is 0 Å². The van der Waals surface area contributed by atoms with Crippen LogP contribution in [-0.2, 0) is 16.0 Å². The van der Waals surface area contributed by atoms with Crippen molar-refractivity contribution in [1.29, 1.82) is 0 Å². The third kappa shape index (κ3) is 5.13. The van der Waals surface area contributed by atoms with Gasteiger partial charge in [-0.1, -0.05) is 30.3 Å². The second kappa shape index (κ2) is 8.08. The first-order valence-electron chi connectivity index (χ1n) is 7.31. The number of carbonyl (C=O) groups excluding carboxylic acids is 1. The van der Waals surface area contributed by atoms with Crippen LogP contribution in [0.15, 0.2) is 54.6 Å². The first kappa shape index (κ1) is 15.9. The molecule has 2 aromatic carbocycles. The molecule has 2 aromatic rings. The molecule has 0 heterocycles. The van der Waals surface area contributed by atoms with Gasteiger partial charge >= 0.3 is 5.97 Å². The van der Waals surface area contributed by atoms with Crippen LogP contribution < -0.4 is 4.74 Å². The van der Waals surface area contributed by atoms with E-state index in [2.05, 4.69) is 12.1 Å². The fourth-order valence-electron chi connectivity index (χ4n) is 1.99. The first-order valence-corrected chi connectivity index (χ1v) is 7.31. The topological polar surface area (TPSA) is 55.8 Å². The maximum absolute atomic E-state index is 11.8. The highest BCUT2D eigenvalue weighted by molar-refractivity contribution is 5.74. The number of phenolic OH excluding ortho intramolecular Hbond substituents is 1. The second-order valence-electron chi connectivity index (χ2n) is 5.01. The quantitative estimate of drug-likeness (QED) is 0.629. The molecule has 0 amide bonds. The Bertz CT molecular complexity index is 578. The van der Waals surface area contributed by atoms with Gasteiger partial charge in [0.05, 0.1) is 6.61 Å². The third-order valence-electron chi connectivity index (χ3n) is 3.18. The van der Waals surface area contributed by atoms with Crippen LogP contribution in [0.25, 0.3) is 0 Å². The number of aromatic hydroxyl groups is 1. The Kier molecular flexibility index (Phi) is 5.83. The van der Waals surface area contributed by atoms with Gasteiger partial charge in [0.2, 0.25) is 0 Å². The SMILES string of the molecule is CC(Oc1ccc(O)cc1)C(=O)OCCCc1ccccc1. The first-order chi connectivity index (χ1) is 10.6. The number of hydrogen-bond donors (Lipinski definition) is 1. The zero-order valence-corrected chi connectivity index (χ0v) is 12.6. The molecule has 0 fully saturated rings. The molecule has 0 spiro atoms. The highest BCUT2D eigenvalue weighted by Gasteiger charge is 2.16. The summed E-state index contributed by atoms with van der Waals surface area (Å²) in [4.78, 5) is 11.8. The fraction of sp³-hybridized carbons (Fsp3) is 0.278. The van der Waals surface area contributed by atoms with Gasteiger partial charge in [-0.2, -0.15) is 0 Å². The molecule has 0 saturated heterocycles. The van der Waals surface area contributed by atoms with E-state index in [0.29, 0.717) is 12.4 Å². The van der Waals surface area contributed by atoms with Crippen LogP contribution >= 0.6 is 0 Å². The molecule has 1 unspecified atom stereocenters. The molecule has 1 N–H and O–H groups in total. The van der Waals surface area contributed by atoms with Gasteiger partial charge in [0.15, 0.2) is 6.10 Å². The maximum Gasteiger partial charge on any atom is 0.347 e. The predicted octanol–water partition coefficient (Wildman–Crippen LogP) is 3.34. The van der Waals surface area contributed by atoms with Crippen molar-refractivity contribution in [2.45, 2.75) is 25.9 Å². The molecule has 116 valence electrons. The number of esters is 1. The third-order valence-corrected chi connectivity index (χ3v) is 3.18. The average Bonchev–Trinajstić information content (AvgIpc) is 2.54. The smallest absolute Gasteiger partial charge is 0.347 e. The van der Waals surface area contributed by atoms with E-state index in [1.165, 1.54) is 17.7 Å². The number of ether oxygens (including phenoxy) is 2. The molecule has 4 heteroatoms. The number of hydrogen-bond acceptors (Lipinski definition) is 4. The second-order valence-corrected chi connectivity index (χ2v) is 5.01. The lowest BCUT2D eigenvalue weighted by molar-refractivity contribution is -0.151. The van der Waals surface area contributed by atoms with Gasteiger partial charge in [0.25, 0.3) is 0 Å². The van der Waals surface area contributed by atoms with Crippen molar-refractivity contribution in [1.82, 2.24) is 0 Å². The minimum Gasteiger partial charge on any atom is -0.508 e. The van der Waals surface area contributed by atoms with E-state index in [4.69, 9.17) is 9.47 Å². The van der Waals surface area contributed by atoms with Gasteiger partial charge in [0, 0.05) is 0 Å². The molecule has 4 nitrogen and oxygen atoms in total. The number of aryl methyl sites for hydroxylation is 1. The van der Waals surface area contributed by atoms with Gasteiger partial charge in [-0.3, -0.25) is 0 Å². The molecule has 0 aliphatic rings. The molecule has 0 radical (unpaired) electrons. The fourth-order valence-corrected chi connectivity index (χ4v) is 1.99. The van der Waals surface area contributed by atoms with Gasteiger partial charge < -0.3 is 14.6 Å². The average molecular weight is 300 g/mol. The Balaban J connectivity index is 1.69. The van der Waals surface area contributed by atoms with Crippen molar-refractivity contribution in [2.24, 2.45) is 0 Å². The minimum atomic E-state index is -0.679. The lowest BCUT2D eigenvalue weighted by Crippen LogP contribution is -2.26. The number of phenols is 1.